The van der Waals surface area contributed by atoms with Crippen molar-refractivity contribution in [2.45, 2.75) is 24.9 Å². The van der Waals surface area contributed by atoms with Crippen molar-refractivity contribution in [3.05, 3.63) is 107 Å². The van der Waals surface area contributed by atoms with E-state index in [9.17, 15) is 14.4 Å². The number of imide groups is 1. The zero-order chi connectivity index (χ0) is 24.8. The van der Waals surface area contributed by atoms with Gasteiger partial charge in [-0.15, -0.1) is 0 Å². The first kappa shape index (κ1) is 22.1. The molecule has 0 unspecified atom stereocenters. The number of nitrogens with one attached hydrogen (secondary N) is 1. The number of benzene rings is 3. The number of nitrogens with zero attached hydrogens (tertiary/aromatic N) is 2. The van der Waals surface area contributed by atoms with Crippen LogP contribution in [0.25, 0.3) is 10.9 Å². The molecule has 1 fully saturated rings. The largest absolute Gasteiger partial charge is 0.465 e. The van der Waals surface area contributed by atoms with Crippen LogP contribution in [0.1, 0.15) is 38.8 Å². The summed E-state index contributed by atoms with van der Waals surface area (Å²) in [5, 5.41) is 1.06. The molecule has 0 aliphatic carbocycles. The number of esters is 1. The molecule has 36 heavy (non-hydrogen) atoms. The summed E-state index contributed by atoms with van der Waals surface area (Å²) in [5.74, 6) is -0.586. The fourth-order valence-electron chi connectivity index (χ4n) is 5.49. The number of ether oxygens (including phenoxy) is 1. The molecule has 0 radical (unpaired) electrons. The number of rotatable bonds is 5. The van der Waals surface area contributed by atoms with Crippen LogP contribution in [0.2, 0.25) is 0 Å². The molecule has 4 aromatic rings. The molecule has 1 N–H and O–H groups in total. The Morgan fingerprint density at radius 3 is 2.44 bits per heavy atom. The van der Waals surface area contributed by atoms with Crippen LogP contribution < -0.4 is 0 Å². The first-order valence-electron chi connectivity index (χ1n) is 12.0. The number of fused-ring (bicyclic) bond motifs is 4. The molecule has 1 saturated heterocycles. The molecular weight excluding hydrogens is 454 g/mol. The van der Waals surface area contributed by atoms with Gasteiger partial charge in [0, 0.05) is 29.6 Å². The van der Waals surface area contributed by atoms with Gasteiger partial charge >= 0.3 is 12.0 Å². The zero-order valence-corrected chi connectivity index (χ0v) is 19.8. The Balaban J connectivity index is 1.41. The molecule has 180 valence electrons. The number of amides is 3. The molecule has 6 rings (SSSR count). The summed E-state index contributed by atoms with van der Waals surface area (Å²) in [6.07, 6.45) is 1.06. The molecule has 2 aliphatic rings. The first-order chi connectivity index (χ1) is 17.6. The molecule has 7 nitrogen and oxygen atoms in total. The number of para-hydroxylation sites is 1. The van der Waals surface area contributed by atoms with E-state index >= 15 is 0 Å². The molecule has 3 aromatic carbocycles. The van der Waals surface area contributed by atoms with E-state index in [4.69, 9.17) is 4.74 Å². The Hall–Kier alpha value is -4.39. The zero-order valence-electron chi connectivity index (χ0n) is 19.8. The summed E-state index contributed by atoms with van der Waals surface area (Å²) in [4.78, 5) is 45.9. The highest BCUT2D eigenvalue weighted by atomic mass is 16.5. The highest BCUT2D eigenvalue weighted by molar-refractivity contribution is 6.05. The van der Waals surface area contributed by atoms with E-state index in [0.29, 0.717) is 24.9 Å². The molecule has 0 spiro atoms. The number of carbonyl (C=O) groups excluding carboxylic acids is 3. The number of methoxy groups -OCH3 is 1. The average Bonchev–Trinajstić information content (AvgIpc) is 3.41. The second kappa shape index (κ2) is 8.68. The highest BCUT2D eigenvalue weighted by Gasteiger charge is 2.52. The van der Waals surface area contributed by atoms with Crippen molar-refractivity contribution in [3.63, 3.8) is 0 Å². The van der Waals surface area contributed by atoms with Crippen LogP contribution in [0.5, 0.6) is 0 Å². The standard InChI is InChI=1S/C29H25N3O4/c1-36-28(34)20-13-11-19(12-14-20)26-25-22(21-9-5-6-10-23(21)30-25)17-24-27(33)31(29(35)32(24)26)16-15-18-7-3-2-4-8-18/h2-14,24,26,30H,15-17H2,1H3/t24-,26+/m1/s1. The second-order valence-electron chi connectivity index (χ2n) is 9.21. The monoisotopic (exact) mass is 479 g/mol. The fourth-order valence-corrected chi connectivity index (χ4v) is 5.49. The van der Waals surface area contributed by atoms with Gasteiger partial charge in [-0.3, -0.25) is 14.6 Å². The predicted molar refractivity (Wildman–Crippen MR) is 135 cm³/mol. The van der Waals surface area contributed by atoms with E-state index in [2.05, 4.69) is 4.98 Å². The minimum atomic E-state index is -0.578. The Labute approximate surface area is 208 Å². The Morgan fingerprint density at radius 1 is 0.972 bits per heavy atom. The van der Waals surface area contributed by atoms with Gasteiger partial charge in [-0.2, -0.15) is 0 Å². The first-order valence-corrected chi connectivity index (χ1v) is 12.0. The van der Waals surface area contributed by atoms with Crippen LogP contribution in [-0.4, -0.2) is 52.4 Å². The number of hydrogen-bond donors (Lipinski definition) is 1. The van der Waals surface area contributed by atoms with Crippen LogP contribution in [0, 0.1) is 0 Å². The summed E-state index contributed by atoms with van der Waals surface area (Å²) >= 11 is 0. The van der Waals surface area contributed by atoms with Gasteiger partial charge in [0.2, 0.25) is 0 Å². The van der Waals surface area contributed by atoms with Crippen molar-refractivity contribution in [2.75, 3.05) is 13.7 Å². The maximum Gasteiger partial charge on any atom is 0.337 e. The summed E-state index contributed by atoms with van der Waals surface area (Å²) in [7, 11) is 1.34. The SMILES string of the molecule is COC(=O)c1ccc([C@H]2c3[nH]c4ccccc4c3C[C@@H]3C(=O)N(CCc4ccccc4)C(=O)N23)cc1. The molecule has 0 bridgehead atoms. The van der Waals surface area contributed by atoms with Gasteiger partial charge in [-0.1, -0.05) is 60.7 Å². The maximum absolute atomic E-state index is 13.7. The summed E-state index contributed by atoms with van der Waals surface area (Å²) in [6, 6.07) is 23.6. The molecule has 2 aliphatic heterocycles. The van der Waals surface area contributed by atoms with E-state index in [-0.39, 0.29) is 11.9 Å². The Kier molecular flexibility index (Phi) is 5.33. The van der Waals surface area contributed by atoms with Crippen molar-refractivity contribution in [3.8, 4) is 0 Å². The lowest BCUT2D eigenvalue weighted by molar-refractivity contribution is -0.128. The van der Waals surface area contributed by atoms with Crippen molar-refractivity contribution >= 4 is 28.8 Å². The third kappa shape index (κ3) is 3.47. The van der Waals surface area contributed by atoms with Crippen molar-refractivity contribution in [2.24, 2.45) is 0 Å². The number of carbonyl (C=O) groups is 3. The lowest BCUT2D eigenvalue weighted by atomic mass is 9.88. The average molecular weight is 480 g/mol. The molecule has 2 atom stereocenters. The molecule has 7 heteroatoms. The third-order valence-corrected chi connectivity index (χ3v) is 7.25. The fraction of sp³-hybridized carbons (Fsp3) is 0.207. The summed E-state index contributed by atoms with van der Waals surface area (Å²) in [6.45, 7) is 0.331. The van der Waals surface area contributed by atoms with Crippen molar-refractivity contribution in [1.29, 1.82) is 0 Å². The highest BCUT2D eigenvalue weighted by Crippen LogP contribution is 2.44. The summed E-state index contributed by atoms with van der Waals surface area (Å²) in [5.41, 5.74) is 5.27. The van der Waals surface area contributed by atoms with Gasteiger partial charge in [0.25, 0.3) is 5.91 Å². The molecule has 3 heterocycles. The van der Waals surface area contributed by atoms with E-state index in [1.165, 1.54) is 12.0 Å². The number of aromatic nitrogens is 1. The number of hydrogen-bond acceptors (Lipinski definition) is 4. The molecule has 1 aromatic heterocycles. The van der Waals surface area contributed by atoms with Crippen LogP contribution in [0.15, 0.2) is 78.9 Å². The van der Waals surface area contributed by atoms with Gasteiger partial charge < -0.3 is 9.72 Å². The minimum absolute atomic E-state index is 0.164. The molecule has 0 saturated carbocycles. The van der Waals surface area contributed by atoms with Crippen LogP contribution in [-0.2, 0) is 22.4 Å². The predicted octanol–water partition coefficient (Wildman–Crippen LogP) is 4.48. The van der Waals surface area contributed by atoms with Crippen molar-refractivity contribution in [1.82, 2.24) is 14.8 Å². The van der Waals surface area contributed by atoms with Gasteiger partial charge in [0.05, 0.1) is 12.7 Å². The van der Waals surface area contributed by atoms with Crippen LogP contribution >= 0.6 is 0 Å². The lowest BCUT2D eigenvalue weighted by Crippen LogP contribution is -2.44. The van der Waals surface area contributed by atoms with E-state index in [1.807, 2.05) is 66.7 Å². The van der Waals surface area contributed by atoms with E-state index in [0.717, 1.165) is 33.3 Å². The second-order valence-corrected chi connectivity index (χ2v) is 9.21. The van der Waals surface area contributed by atoms with E-state index < -0.39 is 18.1 Å². The normalized spacial score (nSPS) is 18.9. The molecule has 3 amide bonds. The number of aromatic amines is 1. The Bertz CT molecular complexity index is 1480. The Morgan fingerprint density at radius 2 is 1.69 bits per heavy atom. The minimum Gasteiger partial charge on any atom is -0.465 e. The smallest absolute Gasteiger partial charge is 0.337 e. The quantitative estimate of drug-likeness (QED) is 0.338. The summed E-state index contributed by atoms with van der Waals surface area (Å²) < 4.78 is 4.83. The van der Waals surface area contributed by atoms with Gasteiger partial charge in [-0.25, -0.2) is 9.59 Å². The van der Waals surface area contributed by atoms with Crippen molar-refractivity contribution < 1.29 is 19.1 Å². The maximum atomic E-state index is 13.7. The topological polar surface area (TPSA) is 82.7 Å². The molecular formula is C29H25N3O4. The van der Waals surface area contributed by atoms with Gasteiger partial charge in [0.1, 0.15) is 12.1 Å². The number of urea groups is 1. The van der Waals surface area contributed by atoms with E-state index in [1.54, 1.807) is 17.0 Å². The third-order valence-electron chi connectivity index (χ3n) is 7.25. The van der Waals surface area contributed by atoms with Crippen LogP contribution in [0.4, 0.5) is 4.79 Å². The number of H-pyrrole nitrogens is 1. The van der Waals surface area contributed by atoms with Gasteiger partial charge in [-0.05, 0) is 41.3 Å². The lowest BCUT2D eigenvalue weighted by Gasteiger charge is -2.36. The van der Waals surface area contributed by atoms with Crippen LogP contribution in [0.3, 0.4) is 0 Å². The van der Waals surface area contributed by atoms with Gasteiger partial charge in [0.15, 0.2) is 0 Å².